The first-order valence-corrected chi connectivity index (χ1v) is 4.77. The van der Waals surface area contributed by atoms with Crippen molar-refractivity contribution in [3.63, 3.8) is 0 Å². The van der Waals surface area contributed by atoms with E-state index < -0.39 is 11.6 Å². The quantitative estimate of drug-likeness (QED) is 0.647. The number of nitrogens with zero attached hydrogens (tertiary/aromatic N) is 1. The SMILES string of the molecule is CN1CCC(OCCO)(C(=O)O)CC1. The normalized spacial score (nSPS) is 22.1. The summed E-state index contributed by atoms with van der Waals surface area (Å²) in [5.74, 6) is -0.918. The van der Waals surface area contributed by atoms with Crippen LogP contribution in [0.15, 0.2) is 0 Å². The number of ether oxygens (including phenoxy) is 1. The Balaban J connectivity index is 2.58. The van der Waals surface area contributed by atoms with E-state index in [1.807, 2.05) is 7.05 Å². The van der Waals surface area contributed by atoms with Gasteiger partial charge in [-0.3, -0.25) is 0 Å². The second kappa shape index (κ2) is 4.72. The lowest BCUT2D eigenvalue weighted by Crippen LogP contribution is -2.50. The van der Waals surface area contributed by atoms with E-state index in [9.17, 15) is 4.79 Å². The van der Waals surface area contributed by atoms with E-state index in [1.54, 1.807) is 0 Å². The van der Waals surface area contributed by atoms with Gasteiger partial charge in [-0.2, -0.15) is 0 Å². The summed E-state index contributed by atoms with van der Waals surface area (Å²) in [6.45, 7) is 1.40. The highest BCUT2D eigenvalue weighted by molar-refractivity contribution is 5.77. The lowest BCUT2D eigenvalue weighted by atomic mass is 9.91. The van der Waals surface area contributed by atoms with Gasteiger partial charge in [0.25, 0.3) is 0 Å². The summed E-state index contributed by atoms with van der Waals surface area (Å²) in [6, 6.07) is 0. The summed E-state index contributed by atoms with van der Waals surface area (Å²) in [7, 11) is 1.96. The summed E-state index contributed by atoms with van der Waals surface area (Å²) in [5.41, 5.74) is -1.07. The molecule has 1 saturated heterocycles. The van der Waals surface area contributed by atoms with Gasteiger partial charge < -0.3 is 19.8 Å². The molecule has 0 radical (unpaired) electrons. The van der Waals surface area contributed by atoms with E-state index in [0.29, 0.717) is 12.8 Å². The van der Waals surface area contributed by atoms with Gasteiger partial charge in [0.15, 0.2) is 5.60 Å². The molecule has 0 saturated carbocycles. The van der Waals surface area contributed by atoms with Crippen LogP contribution in [-0.2, 0) is 9.53 Å². The van der Waals surface area contributed by atoms with Crippen LogP contribution in [0, 0.1) is 0 Å². The molecule has 1 fully saturated rings. The van der Waals surface area contributed by atoms with E-state index in [2.05, 4.69) is 4.90 Å². The number of carboxylic acids is 1. The Hall–Kier alpha value is -0.650. The molecule has 0 atom stereocenters. The summed E-state index contributed by atoms with van der Waals surface area (Å²) >= 11 is 0. The van der Waals surface area contributed by atoms with Crippen LogP contribution < -0.4 is 0 Å². The van der Waals surface area contributed by atoms with Gasteiger partial charge in [0.1, 0.15) is 0 Å². The van der Waals surface area contributed by atoms with Crippen molar-refractivity contribution in [3.8, 4) is 0 Å². The highest BCUT2D eigenvalue weighted by Crippen LogP contribution is 2.26. The molecule has 0 bridgehead atoms. The zero-order valence-corrected chi connectivity index (χ0v) is 8.40. The maximum absolute atomic E-state index is 11.1. The Kier molecular flexibility index (Phi) is 3.86. The van der Waals surface area contributed by atoms with E-state index in [1.165, 1.54) is 0 Å². The Morgan fingerprint density at radius 1 is 1.50 bits per heavy atom. The molecule has 5 heteroatoms. The molecule has 82 valence electrons. The maximum Gasteiger partial charge on any atom is 0.336 e. The molecule has 0 aromatic rings. The summed E-state index contributed by atoms with van der Waals surface area (Å²) in [5, 5.41) is 17.7. The lowest BCUT2D eigenvalue weighted by molar-refractivity contribution is -0.173. The van der Waals surface area contributed by atoms with E-state index in [0.717, 1.165) is 13.1 Å². The molecule has 2 N–H and O–H groups in total. The third-order valence-electron chi connectivity index (χ3n) is 2.65. The first kappa shape index (κ1) is 11.4. The van der Waals surface area contributed by atoms with Crippen LogP contribution in [0.2, 0.25) is 0 Å². The number of hydrogen-bond donors (Lipinski definition) is 2. The van der Waals surface area contributed by atoms with Crippen molar-refractivity contribution in [1.82, 2.24) is 4.90 Å². The number of rotatable bonds is 4. The monoisotopic (exact) mass is 203 g/mol. The predicted octanol–water partition coefficient (Wildman–Crippen LogP) is -0.456. The minimum Gasteiger partial charge on any atom is -0.479 e. The highest BCUT2D eigenvalue weighted by atomic mass is 16.5. The largest absolute Gasteiger partial charge is 0.479 e. The summed E-state index contributed by atoms with van der Waals surface area (Å²) in [6.07, 6.45) is 0.970. The van der Waals surface area contributed by atoms with E-state index in [-0.39, 0.29) is 13.2 Å². The van der Waals surface area contributed by atoms with Crippen molar-refractivity contribution in [2.45, 2.75) is 18.4 Å². The minimum atomic E-state index is -1.07. The Morgan fingerprint density at radius 3 is 2.50 bits per heavy atom. The van der Waals surface area contributed by atoms with Gasteiger partial charge in [-0.15, -0.1) is 0 Å². The number of likely N-dealkylation sites (tertiary alicyclic amines) is 1. The Morgan fingerprint density at radius 2 is 2.07 bits per heavy atom. The summed E-state index contributed by atoms with van der Waals surface area (Å²) in [4.78, 5) is 13.1. The van der Waals surface area contributed by atoms with Crippen molar-refractivity contribution >= 4 is 5.97 Å². The van der Waals surface area contributed by atoms with Crippen molar-refractivity contribution in [2.75, 3.05) is 33.4 Å². The van der Waals surface area contributed by atoms with Crippen molar-refractivity contribution in [2.24, 2.45) is 0 Å². The molecule has 0 amide bonds. The van der Waals surface area contributed by atoms with Crippen LogP contribution in [0.3, 0.4) is 0 Å². The summed E-state index contributed by atoms with van der Waals surface area (Å²) < 4.78 is 5.25. The number of aliphatic carboxylic acids is 1. The van der Waals surface area contributed by atoms with Crippen molar-refractivity contribution in [1.29, 1.82) is 0 Å². The van der Waals surface area contributed by atoms with Crippen LogP contribution in [-0.4, -0.2) is 60.0 Å². The first-order valence-electron chi connectivity index (χ1n) is 4.77. The van der Waals surface area contributed by atoms with E-state index >= 15 is 0 Å². The number of aliphatic hydroxyl groups is 1. The molecule has 0 aromatic carbocycles. The number of hydrogen-bond acceptors (Lipinski definition) is 4. The van der Waals surface area contributed by atoms with Crippen LogP contribution in [0.1, 0.15) is 12.8 Å². The molecule has 14 heavy (non-hydrogen) atoms. The second-order valence-corrected chi connectivity index (χ2v) is 3.67. The first-order chi connectivity index (χ1) is 6.60. The smallest absolute Gasteiger partial charge is 0.336 e. The number of piperidine rings is 1. The standard InChI is InChI=1S/C9H17NO4/c1-10-4-2-9(3-5-10,8(12)13)14-7-6-11/h11H,2-7H2,1H3,(H,12,13). The average Bonchev–Trinajstić information content (AvgIpc) is 2.17. The third kappa shape index (κ3) is 2.43. The average molecular weight is 203 g/mol. The van der Waals surface area contributed by atoms with Gasteiger partial charge in [0.2, 0.25) is 0 Å². The minimum absolute atomic E-state index is 0.0933. The van der Waals surface area contributed by atoms with Crippen LogP contribution >= 0.6 is 0 Å². The van der Waals surface area contributed by atoms with Gasteiger partial charge in [0, 0.05) is 13.1 Å². The second-order valence-electron chi connectivity index (χ2n) is 3.67. The molecular weight excluding hydrogens is 186 g/mol. The highest BCUT2D eigenvalue weighted by Gasteiger charge is 2.41. The Labute approximate surface area is 83.3 Å². The molecule has 5 nitrogen and oxygen atoms in total. The number of carboxylic acid groups (broad SMARTS) is 1. The van der Waals surface area contributed by atoms with Gasteiger partial charge in [-0.1, -0.05) is 0 Å². The van der Waals surface area contributed by atoms with Crippen molar-refractivity contribution in [3.05, 3.63) is 0 Å². The molecule has 0 spiro atoms. The number of carbonyl (C=O) groups is 1. The lowest BCUT2D eigenvalue weighted by Gasteiger charge is -2.36. The van der Waals surface area contributed by atoms with Gasteiger partial charge in [-0.25, -0.2) is 4.79 Å². The third-order valence-corrected chi connectivity index (χ3v) is 2.65. The van der Waals surface area contributed by atoms with Crippen molar-refractivity contribution < 1.29 is 19.7 Å². The molecular formula is C9H17NO4. The van der Waals surface area contributed by atoms with Gasteiger partial charge >= 0.3 is 5.97 Å². The molecule has 1 aliphatic heterocycles. The van der Waals surface area contributed by atoms with E-state index in [4.69, 9.17) is 14.9 Å². The molecule has 0 unspecified atom stereocenters. The molecule has 0 aromatic heterocycles. The topological polar surface area (TPSA) is 70.0 Å². The van der Waals surface area contributed by atoms with Crippen LogP contribution in [0.4, 0.5) is 0 Å². The molecule has 1 heterocycles. The Bertz CT molecular complexity index is 193. The maximum atomic E-state index is 11.1. The zero-order chi connectivity index (χ0) is 10.6. The fourth-order valence-electron chi connectivity index (χ4n) is 1.64. The fraction of sp³-hybridized carbons (Fsp3) is 0.889. The zero-order valence-electron chi connectivity index (χ0n) is 8.40. The van der Waals surface area contributed by atoms with Gasteiger partial charge in [-0.05, 0) is 19.9 Å². The molecule has 0 aliphatic carbocycles. The van der Waals surface area contributed by atoms with Gasteiger partial charge in [0.05, 0.1) is 13.2 Å². The van der Waals surface area contributed by atoms with Crippen LogP contribution in [0.25, 0.3) is 0 Å². The molecule has 1 rings (SSSR count). The number of aliphatic hydroxyl groups excluding tert-OH is 1. The fourth-order valence-corrected chi connectivity index (χ4v) is 1.64. The predicted molar refractivity (Wildman–Crippen MR) is 50.1 cm³/mol. The van der Waals surface area contributed by atoms with Crippen LogP contribution in [0.5, 0.6) is 0 Å². The molecule has 1 aliphatic rings.